The molecular formula is C8H5F4N3O. The molecule has 0 aliphatic heterocycles. The second-order valence-electron chi connectivity index (χ2n) is 2.76. The molecule has 0 bridgehead atoms. The molecule has 0 aliphatic rings. The van der Waals surface area contributed by atoms with Gasteiger partial charge in [0.1, 0.15) is 0 Å². The van der Waals surface area contributed by atoms with Crippen LogP contribution in [0, 0.1) is 23.3 Å². The molecule has 1 aromatic rings. The summed E-state index contributed by atoms with van der Waals surface area (Å²) < 4.78 is 52.4. The van der Waals surface area contributed by atoms with Crippen molar-refractivity contribution in [3.63, 3.8) is 0 Å². The predicted molar refractivity (Wildman–Crippen MR) is 45.0 cm³/mol. The van der Waals surface area contributed by atoms with Gasteiger partial charge in [-0.05, 0) is 5.53 Å². The molecule has 16 heavy (non-hydrogen) atoms. The second-order valence-corrected chi connectivity index (χ2v) is 2.76. The van der Waals surface area contributed by atoms with Crippen molar-refractivity contribution in [2.24, 2.45) is 5.11 Å². The van der Waals surface area contributed by atoms with Crippen molar-refractivity contribution in [3.8, 4) is 0 Å². The topological polar surface area (TPSA) is 69.0 Å². The minimum absolute atomic E-state index is 0.853. The molecule has 8 heteroatoms. The van der Waals surface area contributed by atoms with Crippen LogP contribution in [0.5, 0.6) is 0 Å². The van der Waals surface area contributed by atoms with Gasteiger partial charge in [0, 0.05) is 10.5 Å². The Morgan fingerprint density at radius 1 is 1.00 bits per heavy atom. The first kappa shape index (κ1) is 12.3. The minimum Gasteiger partial charge on any atom is -0.391 e. The van der Waals surface area contributed by atoms with E-state index in [4.69, 9.17) is 10.6 Å². The van der Waals surface area contributed by atoms with Crippen LogP contribution in [0.25, 0.3) is 10.4 Å². The molecule has 0 radical (unpaired) electrons. The van der Waals surface area contributed by atoms with Gasteiger partial charge in [-0.2, -0.15) is 0 Å². The Bertz CT molecular complexity index is 442. The molecule has 0 aliphatic carbocycles. The van der Waals surface area contributed by atoms with E-state index in [1.54, 1.807) is 0 Å². The van der Waals surface area contributed by atoms with E-state index < -0.39 is 47.5 Å². The van der Waals surface area contributed by atoms with Crippen LogP contribution in [0.15, 0.2) is 5.11 Å². The van der Waals surface area contributed by atoms with Crippen LogP contribution < -0.4 is 0 Å². The first-order valence-corrected chi connectivity index (χ1v) is 4.00. The van der Waals surface area contributed by atoms with E-state index in [1.807, 2.05) is 0 Å². The number of aliphatic hydroxyl groups is 1. The summed E-state index contributed by atoms with van der Waals surface area (Å²) in [6.07, 6.45) is 0. The number of azide groups is 1. The average molecular weight is 235 g/mol. The Hall–Kier alpha value is -1.79. The van der Waals surface area contributed by atoms with Crippen LogP contribution in [0.1, 0.15) is 11.1 Å². The third-order valence-electron chi connectivity index (χ3n) is 1.90. The van der Waals surface area contributed by atoms with Crippen LogP contribution >= 0.6 is 0 Å². The SMILES string of the molecule is [N-]=[N+]=NCc1c(F)c(F)c(CO)c(F)c1F. The summed E-state index contributed by atoms with van der Waals surface area (Å²) in [5, 5.41) is 11.3. The highest BCUT2D eigenvalue weighted by atomic mass is 19.2. The fourth-order valence-electron chi connectivity index (χ4n) is 1.10. The van der Waals surface area contributed by atoms with E-state index in [0.717, 1.165) is 0 Å². The van der Waals surface area contributed by atoms with E-state index in [0.29, 0.717) is 0 Å². The van der Waals surface area contributed by atoms with E-state index in [9.17, 15) is 17.6 Å². The van der Waals surface area contributed by atoms with E-state index >= 15 is 0 Å². The Kier molecular flexibility index (Phi) is 3.70. The lowest BCUT2D eigenvalue weighted by Crippen LogP contribution is -2.08. The van der Waals surface area contributed by atoms with Crippen molar-refractivity contribution >= 4 is 0 Å². The Balaban J connectivity index is 3.46. The van der Waals surface area contributed by atoms with Crippen molar-refractivity contribution in [2.75, 3.05) is 0 Å². The molecule has 0 atom stereocenters. The normalized spacial score (nSPS) is 10.1. The summed E-state index contributed by atoms with van der Waals surface area (Å²) in [5.41, 5.74) is 5.83. The molecule has 1 aromatic carbocycles. The van der Waals surface area contributed by atoms with Crippen molar-refractivity contribution in [3.05, 3.63) is 44.8 Å². The van der Waals surface area contributed by atoms with E-state index in [1.165, 1.54) is 0 Å². The Morgan fingerprint density at radius 2 is 1.44 bits per heavy atom. The lowest BCUT2D eigenvalue weighted by atomic mass is 10.1. The van der Waals surface area contributed by atoms with Crippen molar-refractivity contribution in [1.29, 1.82) is 0 Å². The standard InChI is InChI=1S/C8H5F4N3O/c9-5-3(1-14-15-13)6(10)8(12)4(2-16)7(5)11/h16H,1-2H2. The zero-order chi connectivity index (χ0) is 12.3. The van der Waals surface area contributed by atoms with Gasteiger partial charge in [0.2, 0.25) is 0 Å². The lowest BCUT2D eigenvalue weighted by molar-refractivity contribution is 0.262. The maximum absolute atomic E-state index is 13.1. The molecule has 0 saturated heterocycles. The van der Waals surface area contributed by atoms with Gasteiger partial charge in [-0.1, -0.05) is 5.11 Å². The fraction of sp³-hybridized carbons (Fsp3) is 0.250. The quantitative estimate of drug-likeness (QED) is 0.282. The molecular weight excluding hydrogens is 230 g/mol. The minimum atomic E-state index is -1.69. The maximum Gasteiger partial charge on any atom is 0.167 e. The largest absolute Gasteiger partial charge is 0.391 e. The van der Waals surface area contributed by atoms with Gasteiger partial charge in [-0.3, -0.25) is 0 Å². The summed E-state index contributed by atoms with van der Waals surface area (Å²) >= 11 is 0. The number of halogens is 4. The highest BCUT2D eigenvalue weighted by Crippen LogP contribution is 2.24. The fourth-order valence-corrected chi connectivity index (χ4v) is 1.10. The van der Waals surface area contributed by atoms with E-state index in [-0.39, 0.29) is 0 Å². The van der Waals surface area contributed by atoms with Gasteiger partial charge in [-0.15, -0.1) is 0 Å². The van der Waals surface area contributed by atoms with Gasteiger partial charge in [0.15, 0.2) is 23.3 Å². The third kappa shape index (κ3) is 1.93. The Labute approximate surface area is 86.8 Å². The zero-order valence-electron chi connectivity index (χ0n) is 7.71. The van der Waals surface area contributed by atoms with Gasteiger partial charge in [0.25, 0.3) is 0 Å². The number of hydrogen-bond acceptors (Lipinski definition) is 2. The van der Waals surface area contributed by atoms with Crippen LogP contribution in [-0.4, -0.2) is 5.11 Å². The van der Waals surface area contributed by atoms with Gasteiger partial charge in [-0.25, -0.2) is 17.6 Å². The van der Waals surface area contributed by atoms with Crippen LogP contribution in [0.3, 0.4) is 0 Å². The zero-order valence-corrected chi connectivity index (χ0v) is 7.71. The molecule has 0 saturated carbocycles. The van der Waals surface area contributed by atoms with Crippen molar-refractivity contribution < 1.29 is 22.7 Å². The number of benzene rings is 1. The maximum atomic E-state index is 13.1. The number of hydrogen-bond donors (Lipinski definition) is 1. The van der Waals surface area contributed by atoms with Crippen LogP contribution in [0.4, 0.5) is 17.6 Å². The average Bonchev–Trinajstić information content (AvgIpc) is 2.27. The second kappa shape index (κ2) is 4.82. The monoisotopic (exact) mass is 235 g/mol. The summed E-state index contributed by atoms with van der Waals surface area (Å²) in [6, 6.07) is 0. The van der Waals surface area contributed by atoms with Crippen LogP contribution in [-0.2, 0) is 13.2 Å². The molecule has 0 heterocycles. The van der Waals surface area contributed by atoms with Crippen molar-refractivity contribution in [1.82, 2.24) is 0 Å². The molecule has 1 rings (SSSR count). The molecule has 4 nitrogen and oxygen atoms in total. The number of aliphatic hydroxyl groups excluding tert-OH is 1. The van der Waals surface area contributed by atoms with Gasteiger partial charge >= 0.3 is 0 Å². The van der Waals surface area contributed by atoms with Gasteiger partial charge < -0.3 is 5.11 Å². The van der Waals surface area contributed by atoms with E-state index in [2.05, 4.69) is 10.0 Å². The smallest absolute Gasteiger partial charge is 0.167 e. The van der Waals surface area contributed by atoms with Crippen molar-refractivity contribution in [2.45, 2.75) is 13.2 Å². The first-order valence-electron chi connectivity index (χ1n) is 4.00. The summed E-state index contributed by atoms with van der Waals surface area (Å²) in [7, 11) is 0. The highest BCUT2D eigenvalue weighted by Gasteiger charge is 2.23. The molecule has 0 amide bonds. The molecule has 86 valence electrons. The predicted octanol–water partition coefficient (Wildman–Crippen LogP) is 2.55. The number of rotatable bonds is 3. The molecule has 0 aromatic heterocycles. The van der Waals surface area contributed by atoms with Gasteiger partial charge in [0.05, 0.1) is 18.7 Å². The molecule has 0 fully saturated rings. The number of nitrogens with zero attached hydrogens (tertiary/aromatic N) is 3. The molecule has 0 spiro atoms. The Morgan fingerprint density at radius 3 is 1.81 bits per heavy atom. The van der Waals surface area contributed by atoms with Crippen LogP contribution in [0.2, 0.25) is 0 Å². The summed E-state index contributed by atoms with van der Waals surface area (Å²) in [6.45, 7) is -2.03. The first-order chi connectivity index (χ1) is 7.54. The molecule has 1 N–H and O–H groups in total. The third-order valence-corrected chi connectivity index (χ3v) is 1.90. The summed E-state index contributed by atoms with van der Waals surface area (Å²) in [4.78, 5) is 2.21. The molecule has 0 unspecified atom stereocenters. The summed E-state index contributed by atoms with van der Waals surface area (Å²) in [5.74, 6) is -6.72. The highest BCUT2D eigenvalue weighted by molar-refractivity contribution is 5.29. The lowest BCUT2D eigenvalue weighted by Gasteiger charge is -2.08.